The second-order valence-electron chi connectivity index (χ2n) is 6.20. The number of para-hydroxylation sites is 1. The molecule has 3 aromatic rings. The number of fused-ring (bicyclic) bond motifs is 1. The average molecular weight is 349 g/mol. The third-order valence-corrected chi connectivity index (χ3v) is 4.78. The van der Waals surface area contributed by atoms with Gasteiger partial charge in [0.05, 0.1) is 5.69 Å². The number of carbonyl (C=O) groups is 1. The van der Waals surface area contributed by atoms with Gasteiger partial charge in [0.15, 0.2) is 0 Å². The zero-order valence-corrected chi connectivity index (χ0v) is 14.8. The lowest BCUT2D eigenvalue weighted by Gasteiger charge is -2.09. The third kappa shape index (κ3) is 2.67. The summed E-state index contributed by atoms with van der Waals surface area (Å²) in [5, 5.41) is 3.50. The molecule has 1 aromatic heterocycles. The third-order valence-electron chi connectivity index (χ3n) is 4.55. The van der Waals surface area contributed by atoms with Gasteiger partial charge in [-0.15, -0.1) is 0 Å². The standard InChI is InChI=1S/C21H17ClN2O/c1-13-10-15(14(2)24(13)17-6-4-3-5-7-17)11-19-18-9-8-16(22)12-20(18)23-21(19)25/h3-12H,1-2H3,(H,23,25). The number of nitrogens with one attached hydrogen (secondary N) is 1. The highest BCUT2D eigenvalue weighted by Gasteiger charge is 2.24. The van der Waals surface area contributed by atoms with Crippen LogP contribution >= 0.6 is 11.6 Å². The summed E-state index contributed by atoms with van der Waals surface area (Å²) < 4.78 is 2.20. The van der Waals surface area contributed by atoms with Crippen LogP contribution in [0.3, 0.4) is 0 Å². The first-order valence-corrected chi connectivity index (χ1v) is 8.50. The number of carbonyl (C=O) groups excluding carboxylic acids is 1. The van der Waals surface area contributed by atoms with Gasteiger partial charge >= 0.3 is 0 Å². The predicted octanol–water partition coefficient (Wildman–Crippen LogP) is 5.24. The lowest BCUT2D eigenvalue weighted by Crippen LogP contribution is -2.03. The maximum absolute atomic E-state index is 12.4. The maximum atomic E-state index is 12.4. The van der Waals surface area contributed by atoms with Crippen molar-refractivity contribution in [2.24, 2.45) is 0 Å². The highest BCUT2D eigenvalue weighted by Crippen LogP contribution is 2.35. The van der Waals surface area contributed by atoms with Crippen LogP contribution in [0.4, 0.5) is 5.69 Å². The van der Waals surface area contributed by atoms with Gasteiger partial charge < -0.3 is 9.88 Å². The molecule has 0 aliphatic carbocycles. The molecule has 4 heteroatoms. The molecule has 0 bridgehead atoms. The van der Waals surface area contributed by atoms with Crippen molar-refractivity contribution in [3.05, 3.63) is 82.1 Å². The van der Waals surface area contributed by atoms with E-state index in [2.05, 4.69) is 41.9 Å². The molecule has 2 aromatic carbocycles. The molecule has 25 heavy (non-hydrogen) atoms. The average Bonchev–Trinajstić information content (AvgIpc) is 3.04. The molecule has 0 saturated carbocycles. The zero-order chi connectivity index (χ0) is 17.6. The molecule has 0 fully saturated rings. The number of rotatable bonds is 2. The number of benzene rings is 2. The molecule has 0 radical (unpaired) electrons. The molecule has 0 atom stereocenters. The van der Waals surface area contributed by atoms with E-state index < -0.39 is 0 Å². The predicted molar refractivity (Wildman–Crippen MR) is 103 cm³/mol. The number of aryl methyl sites for hydroxylation is 1. The van der Waals surface area contributed by atoms with Crippen LogP contribution in [0.2, 0.25) is 5.02 Å². The van der Waals surface area contributed by atoms with Crippen LogP contribution in [0.15, 0.2) is 54.6 Å². The largest absolute Gasteiger partial charge is 0.321 e. The Morgan fingerprint density at radius 3 is 2.56 bits per heavy atom. The van der Waals surface area contributed by atoms with Gasteiger partial charge in [0.25, 0.3) is 5.91 Å². The van der Waals surface area contributed by atoms with Crippen molar-refractivity contribution in [1.82, 2.24) is 4.57 Å². The van der Waals surface area contributed by atoms with Gasteiger partial charge in [0.1, 0.15) is 0 Å². The number of nitrogens with zero attached hydrogens (tertiary/aromatic N) is 1. The van der Waals surface area contributed by atoms with E-state index in [1.165, 1.54) is 0 Å². The van der Waals surface area contributed by atoms with Crippen LogP contribution in [0.25, 0.3) is 17.3 Å². The molecule has 1 amide bonds. The van der Waals surface area contributed by atoms with Gasteiger partial charge in [-0.2, -0.15) is 0 Å². The van der Waals surface area contributed by atoms with Crippen molar-refractivity contribution in [2.45, 2.75) is 13.8 Å². The molecular weight excluding hydrogens is 332 g/mol. The van der Waals surface area contributed by atoms with E-state index in [1.54, 1.807) is 6.07 Å². The summed E-state index contributed by atoms with van der Waals surface area (Å²) in [4.78, 5) is 12.4. The van der Waals surface area contributed by atoms with Gasteiger partial charge in [-0.05, 0) is 55.8 Å². The fourth-order valence-corrected chi connectivity index (χ4v) is 3.55. The summed E-state index contributed by atoms with van der Waals surface area (Å²) in [5.74, 6) is -0.0956. The number of amides is 1. The minimum absolute atomic E-state index is 0.0956. The van der Waals surface area contributed by atoms with E-state index in [0.717, 1.165) is 33.9 Å². The van der Waals surface area contributed by atoms with Crippen molar-refractivity contribution in [1.29, 1.82) is 0 Å². The van der Waals surface area contributed by atoms with E-state index >= 15 is 0 Å². The summed E-state index contributed by atoms with van der Waals surface area (Å²) in [6.07, 6.45) is 1.96. The molecule has 0 saturated heterocycles. The quantitative estimate of drug-likeness (QED) is 0.631. The number of halogens is 1. The normalized spacial score (nSPS) is 14.7. The maximum Gasteiger partial charge on any atom is 0.256 e. The Bertz CT molecular complexity index is 1020. The molecule has 1 aliphatic rings. The van der Waals surface area contributed by atoms with Gasteiger partial charge in [-0.1, -0.05) is 35.9 Å². The minimum atomic E-state index is -0.0956. The Labute approximate surface area is 151 Å². The van der Waals surface area contributed by atoms with Crippen LogP contribution in [0.1, 0.15) is 22.5 Å². The Kier molecular flexibility index (Phi) is 3.74. The number of hydrogen-bond donors (Lipinski definition) is 1. The highest BCUT2D eigenvalue weighted by molar-refractivity contribution is 6.36. The number of anilines is 1. The SMILES string of the molecule is Cc1cc(C=C2C(=O)Nc3cc(Cl)ccc32)c(C)n1-c1ccccc1. The van der Waals surface area contributed by atoms with Crippen molar-refractivity contribution in [3.8, 4) is 5.69 Å². The van der Waals surface area contributed by atoms with Crippen molar-refractivity contribution >= 4 is 34.8 Å². The molecule has 2 heterocycles. The second kappa shape index (κ2) is 5.94. The first kappa shape index (κ1) is 15.7. The minimum Gasteiger partial charge on any atom is -0.321 e. The Morgan fingerprint density at radius 2 is 1.80 bits per heavy atom. The van der Waals surface area contributed by atoms with E-state index in [1.807, 2.05) is 36.4 Å². The van der Waals surface area contributed by atoms with Crippen LogP contribution in [-0.2, 0) is 4.79 Å². The van der Waals surface area contributed by atoms with Crippen LogP contribution < -0.4 is 5.32 Å². The first-order valence-electron chi connectivity index (χ1n) is 8.12. The molecule has 124 valence electrons. The van der Waals surface area contributed by atoms with Crippen molar-refractivity contribution in [3.63, 3.8) is 0 Å². The summed E-state index contributed by atoms with van der Waals surface area (Å²) in [7, 11) is 0. The zero-order valence-electron chi connectivity index (χ0n) is 14.0. The highest BCUT2D eigenvalue weighted by atomic mass is 35.5. The summed E-state index contributed by atoms with van der Waals surface area (Å²) in [5.41, 5.74) is 6.70. The van der Waals surface area contributed by atoms with Gasteiger partial charge in [-0.25, -0.2) is 0 Å². The molecular formula is C21H17ClN2O. The van der Waals surface area contributed by atoms with Crippen LogP contribution in [0.5, 0.6) is 0 Å². The Hall–Kier alpha value is -2.78. The van der Waals surface area contributed by atoms with Crippen LogP contribution in [0, 0.1) is 13.8 Å². The molecule has 0 spiro atoms. The molecule has 1 aliphatic heterocycles. The monoisotopic (exact) mass is 348 g/mol. The van der Waals surface area contributed by atoms with Gasteiger partial charge in [0.2, 0.25) is 0 Å². The number of aromatic nitrogens is 1. The Morgan fingerprint density at radius 1 is 1.04 bits per heavy atom. The lowest BCUT2D eigenvalue weighted by atomic mass is 10.0. The van der Waals surface area contributed by atoms with Gasteiger partial charge in [0, 0.05) is 33.2 Å². The smallest absolute Gasteiger partial charge is 0.256 e. The second-order valence-corrected chi connectivity index (χ2v) is 6.64. The van der Waals surface area contributed by atoms with Crippen molar-refractivity contribution < 1.29 is 4.79 Å². The lowest BCUT2D eigenvalue weighted by molar-refractivity contribution is -0.110. The summed E-state index contributed by atoms with van der Waals surface area (Å²) in [6, 6.07) is 17.8. The van der Waals surface area contributed by atoms with E-state index in [4.69, 9.17) is 11.6 Å². The van der Waals surface area contributed by atoms with E-state index in [-0.39, 0.29) is 5.91 Å². The molecule has 1 N–H and O–H groups in total. The van der Waals surface area contributed by atoms with E-state index in [0.29, 0.717) is 10.6 Å². The van der Waals surface area contributed by atoms with Gasteiger partial charge in [-0.3, -0.25) is 4.79 Å². The number of hydrogen-bond acceptors (Lipinski definition) is 1. The molecule has 0 unspecified atom stereocenters. The van der Waals surface area contributed by atoms with Crippen LogP contribution in [-0.4, -0.2) is 10.5 Å². The fourth-order valence-electron chi connectivity index (χ4n) is 3.37. The van der Waals surface area contributed by atoms with Crippen molar-refractivity contribution in [2.75, 3.05) is 5.32 Å². The fraction of sp³-hybridized carbons (Fsp3) is 0.0952. The first-order chi connectivity index (χ1) is 12.0. The molecule has 4 rings (SSSR count). The topological polar surface area (TPSA) is 34.0 Å². The summed E-state index contributed by atoms with van der Waals surface area (Å²) >= 11 is 6.02. The van der Waals surface area contributed by atoms with E-state index in [9.17, 15) is 4.79 Å². The summed E-state index contributed by atoms with van der Waals surface area (Å²) in [6.45, 7) is 4.15. The molecule has 3 nitrogen and oxygen atoms in total. The Balaban J connectivity index is 1.83.